The first-order valence-electron chi connectivity index (χ1n) is 5.54. The summed E-state index contributed by atoms with van der Waals surface area (Å²) in [4.78, 5) is 0.161. The Labute approximate surface area is 136 Å². The predicted molar refractivity (Wildman–Crippen MR) is 86.1 cm³/mol. The highest BCUT2D eigenvalue weighted by Crippen LogP contribution is 2.31. The van der Waals surface area contributed by atoms with E-state index in [0.29, 0.717) is 5.02 Å². The smallest absolute Gasteiger partial charge is 0.261 e. The number of halogens is 3. The van der Waals surface area contributed by atoms with Crippen molar-refractivity contribution in [2.75, 3.05) is 4.72 Å². The SMILES string of the molecule is Cc1cc(S(=O)(=O)Nc2cccc(Cl)c2Cl)ccc1Br. The van der Waals surface area contributed by atoms with Crippen molar-refractivity contribution >= 4 is 54.8 Å². The molecule has 0 heterocycles. The third-order valence-electron chi connectivity index (χ3n) is 2.64. The molecule has 0 atom stereocenters. The maximum absolute atomic E-state index is 12.3. The van der Waals surface area contributed by atoms with E-state index in [1.807, 2.05) is 6.92 Å². The largest absolute Gasteiger partial charge is 0.278 e. The van der Waals surface area contributed by atoms with Gasteiger partial charge in [-0.3, -0.25) is 4.72 Å². The lowest BCUT2D eigenvalue weighted by atomic mass is 10.2. The lowest BCUT2D eigenvalue weighted by Crippen LogP contribution is -2.13. The molecule has 0 aliphatic heterocycles. The lowest BCUT2D eigenvalue weighted by molar-refractivity contribution is 0.601. The summed E-state index contributed by atoms with van der Waals surface area (Å²) in [6.45, 7) is 1.81. The van der Waals surface area contributed by atoms with Gasteiger partial charge in [-0.2, -0.15) is 0 Å². The number of benzene rings is 2. The topological polar surface area (TPSA) is 46.2 Å². The van der Waals surface area contributed by atoms with Crippen molar-refractivity contribution < 1.29 is 8.42 Å². The van der Waals surface area contributed by atoms with Crippen LogP contribution in [0.3, 0.4) is 0 Å². The number of sulfonamides is 1. The first-order valence-corrected chi connectivity index (χ1v) is 8.57. The van der Waals surface area contributed by atoms with Crippen LogP contribution in [0.5, 0.6) is 0 Å². The van der Waals surface area contributed by atoms with E-state index in [0.717, 1.165) is 10.0 Å². The predicted octanol–water partition coefficient (Wildman–Crippen LogP) is 4.87. The molecular weight excluding hydrogens is 385 g/mol. The van der Waals surface area contributed by atoms with Crippen LogP contribution in [0, 0.1) is 6.92 Å². The van der Waals surface area contributed by atoms with Crippen molar-refractivity contribution in [1.29, 1.82) is 0 Å². The number of hydrogen-bond acceptors (Lipinski definition) is 2. The van der Waals surface area contributed by atoms with Gasteiger partial charge in [0, 0.05) is 4.47 Å². The van der Waals surface area contributed by atoms with Crippen molar-refractivity contribution in [3.05, 3.63) is 56.5 Å². The van der Waals surface area contributed by atoms with Crippen LogP contribution in [0.25, 0.3) is 0 Å². The van der Waals surface area contributed by atoms with Crippen LogP contribution in [0.4, 0.5) is 5.69 Å². The van der Waals surface area contributed by atoms with Crippen molar-refractivity contribution in [2.24, 2.45) is 0 Å². The second kappa shape index (κ2) is 5.93. The van der Waals surface area contributed by atoms with E-state index in [4.69, 9.17) is 23.2 Å². The zero-order valence-electron chi connectivity index (χ0n) is 10.3. The minimum Gasteiger partial charge on any atom is -0.278 e. The first kappa shape index (κ1) is 15.6. The molecule has 0 spiro atoms. The summed E-state index contributed by atoms with van der Waals surface area (Å²) < 4.78 is 27.9. The molecule has 0 amide bonds. The molecule has 2 aromatic carbocycles. The minimum atomic E-state index is -3.71. The Bertz CT molecular complexity index is 763. The van der Waals surface area contributed by atoms with Gasteiger partial charge in [-0.05, 0) is 42.8 Å². The zero-order valence-corrected chi connectivity index (χ0v) is 14.2. The Morgan fingerprint density at radius 1 is 1.15 bits per heavy atom. The van der Waals surface area contributed by atoms with Gasteiger partial charge in [0.1, 0.15) is 0 Å². The van der Waals surface area contributed by atoms with Crippen LogP contribution in [-0.2, 0) is 10.0 Å². The van der Waals surface area contributed by atoms with Crippen molar-refractivity contribution in [3.63, 3.8) is 0 Å². The number of rotatable bonds is 3. The fourth-order valence-corrected chi connectivity index (χ4v) is 3.38. The van der Waals surface area contributed by atoms with Gasteiger partial charge in [0.25, 0.3) is 10.0 Å². The molecule has 0 saturated carbocycles. The molecule has 0 unspecified atom stereocenters. The number of aryl methyl sites for hydroxylation is 1. The zero-order chi connectivity index (χ0) is 14.9. The maximum atomic E-state index is 12.3. The number of nitrogens with one attached hydrogen (secondary N) is 1. The third kappa shape index (κ3) is 3.28. The Morgan fingerprint density at radius 3 is 2.50 bits per heavy atom. The van der Waals surface area contributed by atoms with Crippen molar-refractivity contribution in [1.82, 2.24) is 0 Å². The average molecular weight is 395 g/mol. The molecular formula is C13H10BrCl2NO2S. The molecule has 0 bridgehead atoms. The van der Waals surface area contributed by atoms with Crippen molar-refractivity contribution in [3.8, 4) is 0 Å². The monoisotopic (exact) mass is 393 g/mol. The Balaban J connectivity index is 2.41. The molecule has 0 fully saturated rings. The molecule has 20 heavy (non-hydrogen) atoms. The van der Waals surface area contributed by atoms with Gasteiger partial charge >= 0.3 is 0 Å². The standard InChI is InChI=1S/C13H10BrCl2NO2S/c1-8-7-9(5-6-10(8)14)20(18,19)17-12-4-2-3-11(15)13(12)16/h2-7,17H,1H3. The van der Waals surface area contributed by atoms with Crippen molar-refractivity contribution in [2.45, 2.75) is 11.8 Å². The quantitative estimate of drug-likeness (QED) is 0.807. The fraction of sp³-hybridized carbons (Fsp3) is 0.0769. The van der Waals surface area contributed by atoms with Gasteiger partial charge in [0.05, 0.1) is 20.6 Å². The number of anilines is 1. The number of hydrogen-bond donors (Lipinski definition) is 1. The minimum absolute atomic E-state index is 0.161. The molecule has 2 aromatic rings. The fourth-order valence-electron chi connectivity index (χ4n) is 1.57. The summed E-state index contributed by atoms with van der Waals surface area (Å²) in [7, 11) is -3.71. The Hall–Kier alpha value is -0.750. The van der Waals surface area contributed by atoms with Crippen LogP contribution in [0.2, 0.25) is 10.0 Å². The van der Waals surface area contributed by atoms with Crippen LogP contribution in [0.15, 0.2) is 45.8 Å². The summed E-state index contributed by atoms with van der Waals surface area (Å²) in [5.74, 6) is 0. The van der Waals surface area contributed by atoms with E-state index in [-0.39, 0.29) is 15.6 Å². The Kier molecular flexibility index (Phi) is 4.64. The molecule has 7 heteroatoms. The Morgan fingerprint density at radius 2 is 1.85 bits per heavy atom. The first-order chi connectivity index (χ1) is 9.31. The molecule has 0 aromatic heterocycles. The molecule has 0 saturated heterocycles. The van der Waals surface area contributed by atoms with E-state index in [1.54, 1.807) is 30.3 Å². The van der Waals surface area contributed by atoms with Crippen LogP contribution in [0.1, 0.15) is 5.56 Å². The summed E-state index contributed by atoms with van der Waals surface area (Å²) in [5, 5.41) is 0.463. The van der Waals surface area contributed by atoms with Gasteiger partial charge in [-0.25, -0.2) is 8.42 Å². The second-order valence-electron chi connectivity index (χ2n) is 4.12. The van der Waals surface area contributed by atoms with E-state index >= 15 is 0 Å². The van der Waals surface area contributed by atoms with E-state index in [1.165, 1.54) is 6.07 Å². The molecule has 0 aliphatic carbocycles. The highest BCUT2D eigenvalue weighted by molar-refractivity contribution is 9.10. The lowest BCUT2D eigenvalue weighted by Gasteiger charge is -2.11. The molecule has 3 nitrogen and oxygen atoms in total. The average Bonchev–Trinajstić information content (AvgIpc) is 2.38. The van der Waals surface area contributed by atoms with Gasteiger partial charge in [0.15, 0.2) is 0 Å². The van der Waals surface area contributed by atoms with Crippen LogP contribution in [-0.4, -0.2) is 8.42 Å². The summed E-state index contributed by atoms with van der Waals surface area (Å²) in [6.07, 6.45) is 0. The molecule has 0 radical (unpaired) electrons. The summed E-state index contributed by atoms with van der Waals surface area (Å²) in [5.41, 5.74) is 1.07. The van der Waals surface area contributed by atoms with Crippen LogP contribution < -0.4 is 4.72 Å². The summed E-state index contributed by atoms with van der Waals surface area (Å²) >= 11 is 15.2. The normalized spacial score (nSPS) is 11.4. The summed E-state index contributed by atoms with van der Waals surface area (Å²) in [6, 6.07) is 9.54. The molecule has 0 aliphatic rings. The molecule has 2 rings (SSSR count). The van der Waals surface area contributed by atoms with Gasteiger partial charge in [-0.15, -0.1) is 0 Å². The van der Waals surface area contributed by atoms with E-state index in [2.05, 4.69) is 20.7 Å². The maximum Gasteiger partial charge on any atom is 0.261 e. The highest BCUT2D eigenvalue weighted by atomic mass is 79.9. The van der Waals surface area contributed by atoms with Gasteiger partial charge in [0.2, 0.25) is 0 Å². The van der Waals surface area contributed by atoms with E-state index in [9.17, 15) is 8.42 Å². The van der Waals surface area contributed by atoms with E-state index < -0.39 is 10.0 Å². The highest BCUT2D eigenvalue weighted by Gasteiger charge is 2.17. The van der Waals surface area contributed by atoms with Crippen LogP contribution >= 0.6 is 39.1 Å². The molecule has 1 N–H and O–H groups in total. The van der Waals surface area contributed by atoms with Gasteiger partial charge in [-0.1, -0.05) is 45.2 Å². The molecule has 106 valence electrons. The van der Waals surface area contributed by atoms with Gasteiger partial charge < -0.3 is 0 Å². The second-order valence-corrected chi connectivity index (χ2v) is 7.44. The third-order valence-corrected chi connectivity index (χ3v) is 5.71.